The summed E-state index contributed by atoms with van der Waals surface area (Å²) in [7, 11) is 0. The van der Waals surface area contributed by atoms with Crippen LogP contribution in [0.1, 0.15) is 6.92 Å². The molecule has 4 heteroatoms. The van der Waals surface area contributed by atoms with Crippen molar-refractivity contribution < 1.29 is 4.79 Å². The van der Waals surface area contributed by atoms with Crippen molar-refractivity contribution in [3.8, 4) is 0 Å². The molecule has 0 fully saturated rings. The summed E-state index contributed by atoms with van der Waals surface area (Å²) in [5.41, 5.74) is 0.259. The summed E-state index contributed by atoms with van der Waals surface area (Å²) in [6.45, 7) is 1.77. The van der Waals surface area contributed by atoms with E-state index in [0.717, 1.165) is 0 Å². The molecule has 48 valence electrons. The Morgan fingerprint density at radius 1 is 1.89 bits per heavy atom. The van der Waals surface area contributed by atoms with Crippen molar-refractivity contribution in [1.82, 2.24) is 5.32 Å². The number of hydrogen-bond donors (Lipinski definition) is 2. The number of Topliss-reactive ketones (excluding diaryl/α,β-unsaturated/α-hetero) is 1. The summed E-state index contributed by atoms with van der Waals surface area (Å²) in [5, 5.41) is 9.68. The van der Waals surface area contributed by atoms with Crippen LogP contribution in [0.15, 0.2) is 4.99 Å². The van der Waals surface area contributed by atoms with E-state index in [4.69, 9.17) is 5.41 Å². The lowest BCUT2D eigenvalue weighted by Gasteiger charge is -1.91. The van der Waals surface area contributed by atoms with Gasteiger partial charge >= 0.3 is 0 Å². The average molecular weight is 125 g/mol. The number of aliphatic imine (C=N–C) groups is 1. The van der Waals surface area contributed by atoms with Crippen molar-refractivity contribution in [2.75, 3.05) is 6.67 Å². The topological polar surface area (TPSA) is 65.3 Å². The second-order valence-corrected chi connectivity index (χ2v) is 1.77. The Morgan fingerprint density at radius 2 is 2.56 bits per heavy atom. The summed E-state index contributed by atoms with van der Waals surface area (Å²) < 4.78 is 0. The van der Waals surface area contributed by atoms with E-state index in [1.165, 1.54) is 6.92 Å². The zero-order chi connectivity index (χ0) is 6.85. The lowest BCUT2D eigenvalue weighted by atomic mass is 10.2. The van der Waals surface area contributed by atoms with Crippen molar-refractivity contribution in [2.45, 2.75) is 6.92 Å². The lowest BCUT2D eigenvalue weighted by molar-refractivity contribution is -0.110. The zero-order valence-electron chi connectivity index (χ0n) is 5.06. The number of carbonyl (C=O) groups is 1. The Balaban J connectivity index is 2.80. The molecule has 0 radical (unpaired) electrons. The largest absolute Gasteiger partial charge is 0.350 e. The Labute approximate surface area is 52.5 Å². The molecule has 0 spiro atoms. The molecule has 0 saturated carbocycles. The number of nitrogens with one attached hydrogen (secondary N) is 2. The first-order valence-corrected chi connectivity index (χ1v) is 2.60. The Kier molecular flexibility index (Phi) is 1.30. The van der Waals surface area contributed by atoms with Crippen LogP contribution in [0.25, 0.3) is 0 Å². The van der Waals surface area contributed by atoms with Crippen LogP contribution >= 0.6 is 0 Å². The number of carbonyl (C=O) groups excluding carboxylic acids is 1. The van der Waals surface area contributed by atoms with Crippen LogP contribution in [-0.2, 0) is 4.79 Å². The Hall–Kier alpha value is -1.19. The van der Waals surface area contributed by atoms with Crippen LogP contribution in [0.3, 0.4) is 0 Å². The highest BCUT2D eigenvalue weighted by atomic mass is 16.1. The van der Waals surface area contributed by atoms with E-state index in [0.29, 0.717) is 6.67 Å². The van der Waals surface area contributed by atoms with Crippen LogP contribution < -0.4 is 5.32 Å². The molecule has 4 nitrogen and oxygen atoms in total. The van der Waals surface area contributed by atoms with Gasteiger partial charge in [0.15, 0.2) is 5.78 Å². The molecule has 0 unspecified atom stereocenters. The first-order valence-electron chi connectivity index (χ1n) is 2.60. The third-order valence-electron chi connectivity index (χ3n) is 1.06. The highest BCUT2D eigenvalue weighted by Gasteiger charge is 2.15. The fourth-order valence-electron chi connectivity index (χ4n) is 0.648. The summed E-state index contributed by atoms with van der Waals surface area (Å²) in [6.07, 6.45) is 0. The van der Waals surface area contributed by atoms with E-state index >= 15 is 0 Å². The number of nitrogens with zero attached hydrogens (tertiary/aromatic N) is 1. The molecule has 1 rings (SSSR count). The second kappa shape index (κ2) is 1.97. The molecular weight excluding hydrogens is 118 g/mol. The molecule has 0 aromatic heterocycles. The van der Waals surface area contributed by atoms with Crippen molar-refractivity contribution >= 4 is 17.3 Å². The molecule has 1 aliphatic heterocycles. The average Bonchev–Trinajstić information content (AvgIpc) is 2.13. The number of ketones is 1. The molecule has 0 amide bonds. The van der Waals surface area contributed by atoms with Gasteiger partial charge in [0.25, 0.3) is 0 Å². The van der Waals surface area contributed by atoms with E-state index < -0.39 is 0 Å². The normalized spacial score (nSPS) is 17.0. The quantitative estimate of drug-likeness (QED) is 0.498. The molecule has 0 aliphatic carbocycles. The van der Waals surface area contributed by atoms with Crippen molar-refractivity contribution in [3.05, 3.63) is 0 Å². The summed E-state index contributed by atoms with van der Waals surface area (Å²) >= 11 is 0. The van der Waals surface area contributed by atoms with Crippen LogP contribution in [0.2, 0.25) is 0 Å². The van der Waals surface area contributed by atoms with E-state index in [1.54, 1.807) is 0 Å². The number of rotatable bonds is 1. The maximum absolute atomic E-state index is 10.5. The van der Waals surface area contributed by atoms with Crippen LogP contribution in [-0.4, -0.2) is 24.0 Å². The molecule has 1 heterocycles. The predicted octanol–water partition coefficient (Wildman–Crippen LogP) is -0.446. The molecule has 0 aromatic carbocycles. The van der Waals surface area contributed by atoms with Gasteiger partial charge in [-0.3, -0.25) is 15.2 Å². The minimum atomic E-state index is -0.148. The van der Waals surface area contributed by atoms with Gasteiger partial charge in [0.2, 0.25) is 0 Å². The van der Waals surface area contributed by atoms with Crippen molar-refractivity contribution in [1.29, 1.82) is 5.41 Å². The van der Waals surface area contributed by atoms with Crippen LogP contribution in [0, 0.1) is 5.41 Å². The van der Waals surface area contributed by atoms with Crippen molar-refractivity contribution in [2.24, 2.45) is 4.99 Å². The van der Waals surface area contributed by atoms with Gasteiger partial charge < -0.3 is 5.32 Å². The Morgan fingerprint density at radius 3 is 2.78 bits per heavy atom. The summed E-state index contributed by atoms with van der Waals surface area (Å²) in [6, 6.07) is 0. The summed E-state index contributed by atoms with van der Waals surface area (Å²) in [5.74, 6) is -0.00694. The van der Waals surface area contributed by atoms with Gasteiger partial charge in [-0.15, -0.1) is 0 Å². The van der Waals surface area contributed by atoms with E-state index in [9.17, 15) is 4.79 Å². The molecule has 0 atom stereocenters. The standard InChI is InChI=1S/C5H7N3O/c1-3(9)4-5(6)8-2-7-4/h2H2,1H3,(H2,6,8). The zero-order valence-corrected chi connectivity index (χ0v) is 5.06. The highest BCUT2D eigenvalue weighted by Crippen LogP contribution is 1.89. The summed E-state index contributed by atoms with van der Waals surface area (Å²) in [4.78, 5) is 14.3. The maximum Gasteiger partial charge on any atom is 0.181 e. The predicted molar refractivity (Wildman–Crippen MR) is 33.8 cm³/mol. The van der Waals surface area contributed by atoms with Gasteiger partial charge in [0, 0.05) is 6.92 Å². The Bertz CT molecular complexity index is 194. The number of amidine groups is 1. The highest BCUT2D eigenvalue weighted by molar-refractivity contribution is 6.66. The molecule has 9 heavy (non-hydrogen) atoms. The van der Waals surface area contributed by atoms with Crippen LogP contribution in [0.4, 0.5) is 0 Å². The van der Waals surface area contributed by atoms with Crippen molar-refractivity contribution in [3.63, 3.8) is 0 Å². The third kappa shape index (κ3) is 0.960. The third-order valence-corrected chi connectivity index (χ3v) is 1.06. The van der Waals surface area contributed by atoms with Gasteiger partial charge in [-0.05, 0) is 0 Å². The molecule has 0 bridgehead atoms. The monoisotopic (exact) mass is 125 g/mol. The SMILES string of the molecule is CC(=O)C1=NCNC1=N. The smallest absolute Gasteiger partial charge is 0.181 e. The second-order valence-electron chi connectivity index (χ2n) is 1.77. The molecule has 0 saturated heterocycles. The minimum Gasteiger partial charge on any atom is -0.350 e. The first-order chi connectivity index (χ1) is 4.22. The van der Waals surface area contributed by atoms with Gasteiger partial charge in [-0.1, -0.05) is 0 Å². The maximum atomic E-state index is 10.5. The fourth-order valence-corrected chi connectivity index (χ4v) is 0.648. The van der Waals surface area contributed by atoms with E-state index in [2.05, 4.69) is 10.3 Å². The molecule has 2 N–H and O–H groups in total. The molecular formula is C5H7N3O. The number of hydrogen-bond acceptors (Lipinski definition) is 3. The van der Waals surface area contributed by atoms with Gasteiger partial charge in [-0.25, -0.2) is 0 Å². The van der Waals surface area contributed by atoms with Gasteiger partial charge in [-0.2, -0.15) is 0 Å². The van der Waals surface area contributed by atoms with Crippen LogP contribution in [0.5, 0.6) is 0 Å². The molecule has 1 aliphatic rings. The first kappa shape index (κ1) is 5.94. The lowest BCUT2D eigenvalue weighted by Crippen LogP contribution is -2.26. The fraction of sp³-hybridized carbons (Fsp3) is 0.400. The van der Waals surface area contributed by atoms with E-state index in [-0.39, 0.29) is 17.3 Å². The minimum absolute atomic E-state index is 0.141. The molecule has 0 aromatic rings. The van der Waals surface area contributed by atoms with E-state index in [1.807, 2.05) is 0 Å². The van der Waals surface area contributed by atoms with Gasteiger partial charge in [0.1, 0.15) is 18.2 Å². The van der Waals surface area contributed by atoms with Gasteiger partial charge in [0.05, 0.1) is 0 Å².